The molecular formula is C10H7BrF3N. The average molecular weight is 278 g/mol. The molecule has 0 aliphatic carbocycles. The zero-order valence-electron chi connectivity index (χ0n) is 7.53. The third kappa shape index (κ3) is 3.17. The van der Waals surface area contributed by atoms with E-state index in [9.17, 15) is 13.2 Å². The second kappa shape index (κ2) is 4.58. The lowest BCUT2D eigenvalue weighted by Gasteiger charge is -2.09. The number of rotatable bonds is 0. The zero-order chi connectivity index (χ0) is 11.5. The van der Waals surface area contributed by atoms with Gasteiger partial charge in [0.2, 0.25) is 0 Å². The highest BCUT2D eigenvalue weighted by Crippen LogP contribution is 2.33. The van der Waals surface area contributed by atoms with Gasteiger partial charge in [-0.1, -0.05) is 27.8 Å². The number of nitrogen functional groups attached to an aromatic ring is 1. The molecule has 0 spiro atoms. The van der Waals surface area contributed by atoms with Crippen molar-refractivity contribution in [3.8, 4) is 11.8 Å². The molecule has 0 heterocycles. The highest BCUT2D eigenvalue weighted by atomic mass is 79.9. The normalized spacial score (nSPS) is 10.7. The van der Waals surface area contributed by atoms with Gasteiger partial charge in [-0.2, -0.15) is 13.2 Å². The summed E-state index contributed by atoms with van der Waals surface area (Å²) in [6.45, 7) is 0. The molecule has 1 rings (SSSR count). The van der Waals surface area contributed by atoms with E-state index in [4.69, 9.17) is 5.73 Å². The Hall–Kier alpha value is -1.15. The second-order valence-corrected chi connectivity index (χ2v) is 3.30. The van der Waals surface area contributed by atoms with Crippen LogP contribution in [0.1, 0.15) is 11.1 Å². The summed E-state index contributed by atoms with van der Waals surface area (Å²) >= 11 is 3.06. The lowest BCUT2D eigenvalue weighted by atomic mass is 10.1. The van der Waals surface area contributed by atoms with Gasteiger partial charge >= 0.3 is 6.18 Å². The van der Waals surface area contributed by atoms with Crippen LogP contribution in [0.25, 0.3) is 0 Å². The molecule has 0 unspecified atom stereocenters. The Morgan fingerprint density at radius 1 is 1.33 bits per heavy atom. The van der Waals surface area contributed by atoms with Gasteiger partial charge in [0, 0.05) is 11.3 Å². The molecule has 2 N–H and O–H groups in total. The molecule has 0 saturated heterocycles. The highest BCUT2D eigenvalue weighted by Gasteiger charge is 2.32. The number of benzene rings is 1. The van der Waals surface area contributed by atoms with Crippen LogP contribution in [0.15, 0.2) is 18.2 Å². The van der Waals surface area contributed by atoms with Crippen molar-refractivity contribution in [2.75, 3.05) is 11.1 Å². The first kappa shape index (κ1) is 11.9. The molecule has 5 heteroatoms. The van der Waals surface area contributed by atoms with E-state index in [0.717, 1.165) is 6.07 Å². The summed E-state index contributed by atoms with van der Waals surface area (Å²) in [6, 6.07) is 3.62. The van der Waals surface area contributed by atoms with Crippen LogP contribution in [-0.4, -0.2) is 5.33 Å². The Morgan fingerprint density at radius 3 is 2.53 bits per heavy atom. The van der Waals surface area contributed by atoms with Gasteiger partial charge in [0.25, 0.3) is 0 Å². The Kier molecular flexibility index (Phi) is 3.64. The topological polar surface area (TPSA) is 26.0 Å². The van der Waals surface area contributed by atoms with Gasteiger partial charge in [0.05, 0.1) is 10.9 Å². The summed E-state index contributed by atoms with van der Waals surface area (Å²) in [5.74, 6) is 5.20. The SMILES string of the molecule is Nc1ccc(C#CCBr)cc1C(F)(F)F. The summed E-state index contributed by atoms with van der Waals surface area (Å²) in [4.78, 5) is 0. The highest BCUT2D eigenvalue weighted by molar-refractivity contribution is 9.09. The van der Waals surface area contributed by atoms with Crippen LogP contribution in [0.3, 0.4) is 0 Å². The molecule has 80 valence electrons. The predicted molar refractivity (Wildman–Crippen MR) is 56.5 cm³/mol. The van der Waals surface area contributed by atoms with E-state index in [0.29, 0.717) is 10.9 Å². The maximum Gasteiger partial charge on any atom is 0.418 e. The number of halogens is 4. The second-order valence-electron chi connectivity index (χ2n) is 2.74. The van der Waals surface area contributed by atoms with Gasteiger partial charge in [0.1, 0.15) is 0 Å². The fraction of sp³-hybridized carbons (Fsp3) is 0.200. The molecular weight excluding hydrogens is 271 g/mol. The van der Waals surface area contributed by atoms with E-state index < -0.39 is 11.7 Å². The molecule has 1 aromatic carbocycles. The van der Waals surface area contributed by atoms with Crippen LogP contribution in [0, 0.1) is 11.8 Å². The third-order valence-electron chi connectivity index (χ3n) is 1.66. The molecule has 0 fully saturated rings. The number of hydrogen-bond acceptors (Lipinski definition) is 1. The fourth-order valence-corrected chi connectivity index (χ4v) is 1.16. The van der Waals surface area contributed by atoms with Crippen LogP contribution in [0.2, 0.25) is 0 Å². The summed E-state index contributed by atoms with van der Waals surface area (Å²) in [5, 5.41) is 0.415. The first-order valence-corrected chi connectivity index (χ1v) is 5.09. The molecule has 0 aromatic heterocycles. The molecule has 0 aliphatic heterocycles. The minimum Gasteiger partial charge on any atom is -0.398 e. The summed E-state index contributed by atoms with van der Waals surface area (Å²) < 4.78 is 37.2. The smallest absolute Gasteiger partial charge is 0.398 e. The number of alkyl halides is 4. The Morgan fingerprint density at radius 2 is 2.00 bits per heavy atom. The quantitative estimate of drug-likeness (QED) is 0.440. The average Bonchev–Trinajstić information content (AvgIpc) is 2.15. The van der Waals surface area contributed by atoms with Crippen LogP contribution in [0.4, 0.5) is 18.9 Å². The standard InChI is InChI=1S/C10H7BrF3N/c11-5-1-2-7-3-4-9(15)8(6-7)10(12,13)14/h3-4,6H,5,15H2. The van der Waals surface area contributed by atoms with Gasteiger partial charge < -0.3 is 5.73 Å². The van der Waals surface area contributed by atoms with E-state index in [-0.39, 0.29) is 5.69 Å². The van der Waals surface area contributed by atoms with Gasteiger partial charge in [-0.3, -0.25) is 0 Å². The summed E-state index contributed by atoms with van der Waals surface area (Å²) in [6.07, 6.45) is -4.43. The molecule has 0 radical (unpaired) electrons. The van der Waals surface area contributed by atoms with Crippen molar-refractivity contribution in [2.24, 2.45) is 0 Å². The van der Waals surface area contributed by atoms with Gasteiger partial charge in [-0.15, -0.1) is 0 Å². The van der Waals surface area contributed by atoms with Crippen LogP contribution < -0.4 is 5.73 Å². The van der Waals surface area contributed by atoms with Crippen LogP contribution in [0.5, 0.6) is 0 Å². The van der Waals surface area contributed by atoms with Crippen molar-refractivity contribution < 1.29 is 13.2 Å². The summed E-state index contributed by atoms with van der Waals surface area (Å²) in [5.41, 5.74) is 4.40. The molecule has 0 amide bonds. The van der Waals surface area contributed by atoms with Gasteiger partial charge in [0.15, 0.2) is 0 Å². The molecule has 0 atom stereocenters. The van der Waals surface area contributed by atoms with E-state index in [1.807, 2.05) is 0 Å². The molecule has 0 bridgehead atoms. The Bertz CT molecular complexity index is 415. The van der Waals surface area contributed by atoms with Crippen molar-refractivity contribution in [1.29, 1.82) is 0 Å². The zero-order valence-corrected chi connectivity index (χ0v) is 9.11. The van der Waals surface area contributed by atoms with Crippen LogP contribution in [-0.2, 0) is 6.18 Å². The number of anilines is 1. The van der Waals surface area contributed by atoms with E-state index in [2.05, 4.69) is 27.8 Å². The Balaban J connectivity index is 3.17. The molecule has 1 aromatic rings. The lowest BCUT2D eigenvalue weighted by Crippen LogP contribution is -2.09. The van der Waals surface area contributed by atoms with Gasteiger partial charge in [-0.25, -0.2) is 0 Å². The number of nitrogens with two attached hydrogens (primary N) is 1. The van der Waals surface area contributed by atoms with E-state index in [1.54, 1.807) is 0 Å². The van der Waals surface area contributed by atoms with E-state index >= 15 is 0 Å². The maximum atomic E-state index is 12.4. The first-order chi connectivity index (χ1) is 6.95. The van der Waals surface area contributed by atoms with Crippen molar-refractivity contribution in [3.63, 3.8) is 0 Å². The van der Waals surface area contributed by atoms with E-state index in [1.165, 1.54) is 12.1 Å². The minimum absolute atomic E-state index is 0.285. The fourth-order valence-electron chi connectivity index (χ4n) is 1.02. The van der Waals surface area contributed by atoms with Crippen LogP contribution >= 0.6 is 15.9 Å². The predicted octanol–water partition coefficient (Wildman–Crippen LogP) is 3.03. The summed E-state index contributed by atoms with van der Waals surface area (Å²) in [7, 11) is 0. The maximum absolute atomic E-state index is 12.4. The lowest BCUT2D eigenvalue weighted by molar-refractivity contribution is -0.136. The third-order valence-corrected chi connectivity index (χ3v) is 1.94. The largest absolute Gasteiger partial charge is 0.418 e. The molecule has 1 nitrogen and oxygen atoms in total. The monoisotopic (exact) mass is 277 g/mol. The van der Waals surface area contributed by atoms with Gasteiger partial charge in [-0.05, 0) is 18.2 Å². The number of hydrogen-bond donors (Lipinski definition) is 1. The Labute approximate surface area is 93.6 Å². The minimum atomic E-state index is -4.43. The van der Waals surface area contributed by atoms with Crippen molar-refractivity contribution in [3.05, 3.63) is 29.3 Å². The first-order valence-electron chi connectivity index (χ1n) is 3.96. The molecule has 15 heavy (non-hydrogen) atoms. The van der Waals surface area contributed by atoms with Crippen molar-refractivity contribution in [2.45, 2.75) is 6.18 Å². The molecule has 0 aliphatic rings. The molecule has 0 saturated carbocycles. The van der Waals surface area contributed by atoms with Crippen molar-refractivity contribution >= 4 is 21.6 Å². The van der Waals surface area contributed by atoms with Crippen molar-refractivity contribution in [1.82, 2.24) is 0 Å².